The first-order valence-electron chi connectivity index (χ1n) is 7.49. The van der Waals surface area contributed by atoms with Gasteiger partial charge in [-0.25, -0.2) is 0 Å². The van der Waals surface area contributed by atoms with Crippen LogP contribution in [0.1, 0.15) is 59.1 Å². The molecule has 2 heteroatoms. The Hall–Kier alpha value is -1.02. The molecule has 0 aromatic heterocycles. The molecule has 1 atom stereocenters. The molecule has 0 saturated carbocycles. The average Bonchev–Trinajstić information content (AvgIpc) is 2.34. The molecule has 0 heterocycles. The smallest absolute Gasteiger partial charge is 0.119 e. The van der Waals surface area contributed by atoms with Gasteiger partial charge in [0.2, 0.25) is 0 Å². The van der Waals surface area contributed by atoms with Crippen molar-refractivity contribution in [3.8, 4) is 5.75 Å². The summed E-state index contributed by atoms with van der Waals surface area (Å²) in [5, 5.41) is 3.57. The standard InChI is InChI=1S/C17H29NO/c1-13(2)7-6-12-18-15(5)16-8-10-17(11-9-16)19-14(3)4/h8-11,13-15,18H,6-7,12H2,1-5H3. The number of ether oxygens (including phenoxy) is 1. The van der Waals surface area contributed by atoms with E-state index >= 15 is 0 Å². The SMILES string of the molecule is CC(C)CCCNC(C)c1ccc(OC(C)C)cc1. The highest BCUT2D eigenvalue weighted by molar-refractivity contribution is 5.29. The van der Waals surface area contributed by atoms with Gasteiger partial charge >= 0.3 is 0 Å². The molecule has 1 N–H and O–H groups in total. The minimum absolute atomic E-state index is 0.234. The lowest BCUT2D eigenvalue weighted by Crippen LogP contribution is -2.20. The predicted octanol–water partition coefficient (Wildman–Crippen LogP) is 4.56. The summed E-state index contributed by atoms with van der Waals surface area (Å²) in [4.78, 5) is 0. The molecular formula is C17H29NO. The fourth-order valence-corrected chi connectivity index (χ4v) is 2.05. The van der Waals surface area contributed by atoms with Crippen LogP contribution in [0.3, 0.4) is 0 Å². The molecule has 2 nitrogen and oxygen atoms in total. The normalized spacial score (nSPS) is 13.0. The Morgan fingerprint density at radius 3 is 2.16 bits per heavy atom. The first kappa shape index (κ1) is 16.0. The van der Waals surface area contributed by atoms with Gasteiger partial charge in [-0.05, 0) is 63.8 Å². The molecule has 1 unspecified atom stereocenters. The second-order valence-corrected chi connectivity index (χ2v) is 5.95. The molecule has 0 amide bonds. The van der Waals surface area contributed by atoms with Gasteiger partial charge in [0, 0.05) is 6.04 Å². The van der Waals surface area contributed by atoms with Crippen LogP contribution in [0.25, 0.3) is 0 Å². The maximum Gasteiger partial charge on any atom is 0.119 e. The van der Waals surface area contributed by atoms with E-state index in [9.17, 15) is 0 Å². The van der Waals surface area contributed by atoms with Crippen LogP contribution >= 0.6 is 0 Å². The number of rotatable bonds is 8. The third kappa shape index (κ3) is 6.63. The van der Waals surface area contributed by atoms with Gasteiger partial charge in [-0.3, -0.25) is 0 Å². The van der Waals surface area contributed by atoms with E-state index < -0.39 is 0 Å². The van der Waals surface area contributed by atoms with E-state index in [0.29, 0.717) is 6.04 Å². The van der Waals surface area contributed by atoms with Crippen molar-refractivity contribution in [3.63, 3.8) is 0 Å². The van der Waals surface area contributed by atoms with E-state index in [2.05, 4.69) is 50.4 Å². The summed E-state index contributed by atoms with van der Waals surface area (Å²) in [7, 11) is 0. The third-order valence-electron chi connectivity index (χ3n) is 3.16. The van der Waals surface area contributed by atoms with Crippen molar-refractivity contribution >= 4 is 0 Å². The molecule has 19 heavy (non-hydrogen) atoms. The lowest BCUT2D eigenvalue weighted by atomic mass is 10.1. The van der Waals surface area contributed by atoms with Gasteiger partial charge in [0.1, 0.15) is 5.75 Å². The molecule has 0 fully saturated rings. The molecule has 1 aromatic carbocycles. The largest absolute Gasteiger partial charge is 0.491 e. The molecule has 1 aromatic rings. The second kappa shape index (κ2) is 8.21. The Labute approximate surface area is 118 Å². The summed E-state index contributed by atoms with van der Waals surface area (Å²) in [6.45, 7) is 11.9. The number of hydrogen-bond acceptors (Lipinski definition) is 2. The number of nitrogens with one attached hydrogen (secondary N) is 1. The van der Waals surface area contributed by atoms with E-state index in [1.807, 2.05) is 13.8 Å². The zero-order chi connectivity index (χ0) is 14.3. The maximum atomic E-state index is 5.65. The van der Waals surface area contributed by atoms with Gasteiger partial charge in [0.05, 0.1) is 6.10 Å². The molecule has 0 aliphatic carbocycles. The Bertz CT molecular complexity index is 343. The molecule has 0 spiro atoms. The van der Waals surface area contributed by atoms with Crippen molar-refractivity contribution in [1.29, 1.82) is 0 Å². The Morgan fingerprint density at radius 2 is 1.63 bits per heavy atom. The summed E-state index contributed by atoms with van der Waals surface area (Å²) < 4.78 is 5.65. The highest BCUT2D eigenvalue weighted by Crippen LogP contribution is 2.18. The fourth-order valence-electron chi connectivity index (χ4n) is 2.05. The molecule has 0 radical (unpaired) electrons. The lowest BCUT2D eigenvalue weighted by molar-refractivity contribution is 0.242. The van der Waals surface area contributed by atoms with Gasteiger partial charge in [0.25, 0.3) is 0 Å². The zero-order valence-corrected chi connectivity index (χ0v) is 13.1. The lowest BCUT2D eigenvalue weighted by Gasteiger charge is -2.16. The third-order valence-corrected chi connectivity index (χ3v) is 3.16. The summed E-state index contributed by atoms with van der Waals surface area (Å²) in [6, 6.07) is 8.82. The Balaban J connectivity index is 2.37. The molecule has 0 bridgehead atoms. The van der Waals surface area contributed by atoms with E-state index in [4.69, 9.17) is 4.74 Å². The summed E-state index contributed by atoms with van der Waals surface area (Å²) >= 11 is 0. The highest BCUT2D eigenvalue weighted by atomic mass is 16.5. The van der Waals surface area contributed by atoms with Crippen LogP contribution in [0, 0.1) is 5.92 Å². The molecule has 0 aliphatic heterocycles. The zero-order valence-electron chi connectivity index (χ0n) is 13.1. The van der Waals surface area contributed by atoms with Crippen LogP contribution in [0.4, 0.5) is 0 Å². The van der Waals surface area contributed by atoms with Crippen molar-refractivity contribution < 1.29 is 4.74 Å². The summed E-state index contributed by atoms with van der Waals surface area (Å²) in [5.41, 5.74) is 1.32. The second-order valence-electron chi connectivity index (χ2n) is 5.95. The van der Waals surface area contributed by atoms with Gasteiger partial charge in [-0.1, -0.05) is 26.0 Å². The van der Waals surface area contributed by atoms with E-state index in [1.165, 1.54) is 18.4 Å². The van der Waals surface area contributed by atoms with E-state index in [1.54, 1.807) is 0 Å². The quantitative estimate of drug-likeness (QED) is 0.694. The Kier molecular flexibility index (Phi) is 6.93. The fraction of sp³-hybridized carbons (Fsp3) is 0.647. The van der Waals surface area contributed by atoms with Crippen LogP contribution in [0.15, 0.2) is 24.3 Å². The van der Waals surface area contributed by atoms with Crippen LogP contribution in [0.5, 0.6) is 5.75 Å². The van der Waals surface area contributed by atoms with Gasteiger partial charge < -0.3 is 10.1 Å². The first-order valence-corrected chi connectivity index (χ1v) is 7.49. The van der Waals surface area contributed by atoms with Crippen molar-refractivity contribution in [3.05, 3.63) is 29.8 Å². The van der Waals surface area contributed by atoms with Gasteiger partial charge in [-0.2, -0.15) is 0 Å². The minimum atomic E-state index is 0.234. The van der Waals surface area contributed by atoms with E-state index in [-0.39, 0.29) is 6.10 Å². The maximum absolute atomic E-state index is 5.65. The highest BCUT2D eigenvalue weighted by Gasteiger charge is 2.05. The van der Waals surface area contributed by atoms with Gasteiger partial charge in [0.15, 0.2) is 0 Å². The average molecular weight is 263 g/mol. The monoisotopic (exact) mass is 263 g/mol. The van der Waals surface area contributed by atoms with E-state index in [0.717, 1.165) is 18.2 Å². The van der Waals surface area contributed by atoms with Crippen LogP contribution < -0.4 is 10.1 Å². The van der Waals surface area contributed by atoms with Crippen LogP contribution in [-0.2, 0) is 0 Å². The van der Waals surface area contributed by atoms with Crippen molar-refractivity contribution in [2.45, 2.75) is 59.6 Å². The van der Waals surface area contributed by atoms with Crippen molar-refractivity contribution in [1.82, 2.24) is 5.32 Å². The number of hydrogen-bond donors (Lipinski definition) is 1. The summed E-state index contributed by atoms with van der Waals surface area (Å²) in [5.74, 6) is 1.75. The number of benzene rings is 1. The molecule has 0 saturated heterocycles. The van der Waals surface area contributed by atoms with Gasteiger partial charge in [-0.15, -0.1) is 0 Å². The topological polar surface area (TPSA) is 21.3 Å². The predicted molar refractivity (Wildman–Crippen MR) is 82.7 cm³/mol. The molecular weight excluding hydrogens is 234 g/mol. The molecule has 0 aliphatic rings. The summed E-state index contributed by atoms with van der Waals surface area (Å²) in [6.07, 6.45) is 2.77. The van der Waals surface area contributed by atoms with Crippen LogP contribution in [-0.4, -0.2) is 12.6 Å². The molecule has 108 valence electrons. The Morgan fingerprint density at radius 1 is 1.00 bits per heavy atom. The first-order chi connectivity index (χ1) is 8.99. The van der Waals surface area contributed by atoms with Crippen molar-refractivity contribution in [2.75, 3.05) is 6.54 Å². The van der Waals surface area contributed by atoms with Crippen molar-refractivity contribution in [2.24, 2.45) is 5.92 Å². The molecule has 1 rings (SSSR count). The minimum Gasteiger partial charge on any atom is -0.491 e. The van der Waals surface area contributed by atoms with Crippen LogP contribution in [0.2, 0.25) is 0 Å².